The molecule has 0 radical (unpaired) electrons. The maximum absolute atomic E-state index is 12.0. The van der Waals surface area contributed by atoms with Gasteiger partial charge in [0.1, 0.15) is 5.75 Å². The first-order valence-electron chi connectivity index (χ1n) is 8.09. The van der Waals surface area contributed by atoms with E-state index in [1.807, 2.05) is 24.3 Å². The van der Waals surface area contributed by atoms with Crippen LogP contribution < -0.4 is 10.1 Å². The van der Waals surface area contributed by atoms with Crippen molar-refractivity contribution in [3.8, 4) is 5.75 Å². The lowest BCUT2D eigenvalue weighted by molar-refractivity contribution is -0.121. The number of carbonyl (C=O) groups is 1. The first-order chi connectivity index (χ1) is 10.2. The van der Waals surface area contributed by atoms with Crippen LogP contribution in [0, 0.1) is 5.92 Å². The van der Waals surface area contributed by atoms with Gasteiger partial charge in [-0.05, 0) is 30.4 Å². The summed E-state index contributed by atoms with van der Waals surface area (Å²) in [6.07, 6.45) is 6.05. The number of amides is 1. The minimum atomic E-state index is 0.135. The van der Waals surface area contributed by atoms with Crippen LogP contribution in [0.5, 0.6) is 5.75 Å². The number of methoxy groups -OCH3 is 1. The molecule has 1 unspecified atom stereocenters. The van der Waals surface area contributed by atoms with Crippen LogP contribution in [0.25, 0.3) is 0 Å². The van der Waals surface area contributed by atoms with E-state index in [-0.39, 0.29) is 5.91 Å². The van der Waals surface area contributed by atoms with Crippen molar-refractivity contribution < 1.29 is 9.53 Å². The number of nitrogens with one attached hydrogen (secondary N) is 1. The molecule has 1 amide bonds. The SMILES string of the molecule is CCCCC(CC)CNC(=O)CCc1ccccc1OC. The fourth-order valence-electron chi connectivity index (χ4n) is 2.45. The number of hydrogen-bond donors (Lipinski definition) is 1. The largest absolute Gasteiger partial charge is 0.496 e. The molecule has 0 fully saturated rings. The number of rotatable bonds is 10. The topological polar surface area (TPSA) is 38.3 Å². The first-order valence-corrected chi connectivity index (χ1v) is 8.09. The van der Waals surface area contributed by atoms with Crippen LogP contribution in [-0.2, 0) is 11.2 Å². The van der Waals surface area contributed by atoms with E-state index in [9.17, 15) is 4.79 Å². The predicted molar refractivity (Wildman–Crippen MR) is 87.6 cm³/mol. The fourth-order valence-corrected chi connectivity index (χ4v) is 2.45. The molecular weight excluding hydrogens is 262 g/mol. The maximum atomic E-state index is 12.0. The van der Waals surface area contributed by atoms with Crippen molar-refractivity contribution in [1.82, 2.24) is 5.32 Å². The Morgan fingerprint density at radius 1 is 1.29 bits per heavy atom. The predicted octanol–water partition coefficient (Wildman–Crippen LogP) is 3.96. The van der Waals surface area contributed by atoms with Gasteiger partial charge >= 0.3 is 0 Å². The van der Waals surface area contributed by atoms with Crippen LogP contribution in [0.2, 0.25) is 0 Å². The molecular formula is C18H29NO2. The van der Waals surface area contributed by atoms with Crippen molar-refractivity contribution >= 4 is 5.91 Å². The molecule has 1 aromatic carbocycles. The molecule has 0 aliphatic rings. The molecule has 1 atom stereocenters. The van der Waals surface area contributed by atoms with Crippen LogP contribution in [0.15, 0.2) is 24.3 Å². The summed E-state index contributed by atoms with van der Waals surface area (Å²) in [7, 11) is 1.67. The molecule has 3 nitrogen and oxygen atoms in total. The molecule has 1 N–H and O–H groups in total. The number of para-hydroxylation sites is 1. The molecule has 0 saturated carbocycles. The standard InChI is InChI=1S/C18H29NO2/c1-4-6-9-15(5-2)14-19-18(20)13-12-16-10-7-8-11-17(16)21-3/h7-8,10-11,15H,4-6,9,12-14H2,1-3H3,(H,19,20). The van der Waals surface area contributed by atoms with Crippen LogP contribution in [0.3, 0.4) is 0 Å². The zero-order chi connectivity index (χ0) is 15.5. The highest BCUT2D eigenvalue weighted by atomic mass is 16.5. The molecule has 0 spiro atoms. The monoisotopic (exact) mass is 291 g/mol. The van der Waals surface area contributed by atoms with E-state index in [4.69, 9.17) is 4.74 Å². The minimum absolute atomic E-state index is 0.135. The van der Waals surface area contributed by atoms with Gasteiger partial charge in [0.25, 0.3) is 0 Å². The van der Waals surface area contributed by atoms with Crippen LogP contribution >= 0.6 is 0 Å². The van der Waals surface area contributed by atoms with Gasteiger partial charge in [-0.25, -0.2) is 0 Å². The van der Waals surface area contributed by atoms with Gasteiger partial charge in [-0.2, -0.15) is 0 Å². The average molecular weight is 291 g/mol. The summed E-state index contributed by atoms with van der Waals surface area (Å²) in [6.45, 7) is 5.21. The van der Waals surface area contributed by atoms with Gasteiger partial charge in [-0.15, -0.1) is 0 Å². The minimum Gasteiger partial charge on any atom is -0.496 e. The summed E-state index contributed by atoms with van der Waals surface area (Å²) >= 11 is 0. The average Bonchev–Trinajstić information content (AvgIpc) is 2.53. The molecule has 118 valence electrons. The molecule has 1 rings (SSSR count). The lowest BCUT2D eigenvalue weighted by Gasteiger charge is -2.15. The van der Waals surface area contributed by atoms with Gasteiger partial charge in [0.15, 0.2) is 0 Å². The lowest BCUT2D eigenvalue weighted by atomic mass is 9.99. The van der Waals surface area contributed by atoms with Crippen LogP contribution in [0.4, 0.5) is 0 Å². The van der Waals surface area contributed by atoms with E-state index in [0.29, 0.717) is 12.3 Å². The molecule has 0 bridgehead atoms. The highest BCUT2D eigenvalue weighted by molar-refractivity contribution is 5.76. The summed E-state index contributed by atoms with van der Waals surface area (Å²) in [6, 6.07) is 7.88. The smallest absolute Gasteiger partial charge is 0.220 e. The number of unbranched alkanes of at least 4 members (excludes halogenated alkanes) is 1. The van der Waals surface area contributed by atoms with Crippen molar-refractivity contribution in [2.45, 2.75) is 52.4 Å². The van der Waals surface area contributed by atoms with E-state index in [2.05, 4.69) is 19.2 Å². The number of carbonyl (C=O) groups excluding carboxylic acids is 1. The highest BCUT2D eigenvalue weighted by Gasteiger charge is 2.09. The Morgan fingerprint density at radius 2 is 2.05 bits per heavy atom. The van der Waals surface area contributed by atoms with E-state index >= 15 is 0 Å². The Hall–Kier alpha value is -1.51. The van der Waals surface area contributed by atoms with Gasteiger partial charge in [0.05, 0.1) is 7.11 Å². The lowest BCUT2D eigenvalue weighted by Crippen LogP contribution is -2.29. The van der Waals surface area contributed by atoms with Crippen molar-refractivity contribution in [2.24, 2.45) is 5.92 Å². The number of aryl methyl sites for hydroxylation is 1. The highest BCUT2D eigenvalue weighted by Crippen LogP contribution is 2.18. The van der Waals surface area contributed by atoms with E-state index in [1.54, 1.807) is 7.11 Å². The third-order valence-corrected chi connectivity index (χ3v) is 3.95. The second-order valence-corrected chi connectivity index (χ2v) is 5.53. The second-order valence-electron chi connectivity index (χ2n) is 5.53. The Kier molecular flexibility index (Phi) is 8.56. The molecule has 0 heterocycles. The van der Waals surface area contributed by atoms with Crippen molar-refractivity contribution in [1.29, 1.82) is 0 Å². The second kappa shape index (κ2) is 10.3. The van der Waals surface area contributed by atoms with E-state index in [1.165, 1.54) is 19.3 Å². The third-order valence-electron chi connectivity index (χ3n) is 3.95. The molecule has 0 aliphatic carbocycles. The van der Waals surface area contributed by atoms with Crippen molar-refractivity contribution in [3.63, 3.8) is 0 Å². The summed E-state index contributed by atoms with van der Waals surface area (Å²) in [5.41, 5.74) is 1.09. The summed E-state index contributed by atoms with van der Waals surface area (Å²) in [5, 5.41) is 3.07. The van der Waals surface area contributed by atoms with E-state index in [0.717, 1.165) is 30.7 Å². The molecule has 0 aliphatic heterocycles. The molecule has 0 saturated heterocycles. The first kappa shape index (κ1) is 17.5. The molecule has 1 aromatic rings. The molecule has 21 heavy (non-hydrogen) atoms. The van der Waals surface area contributed by atoms with Gasteiger partial charge in [-0.3, -0.25) is 4.79 Å². The summed E-state index contributed by atoms with van der Waals surface area (Å²) in [4.78, 5) is 12.0. The number of benzene rings is 1. The Balaban J connectivity index is 2.33. The Morgan fingerprint density at radius 3 is 2.71 bits per heavy atom. The summed E-state index contributed by atoms with van der Waals surface area (Å²) in [5.74, 6) is 1.61. The Labute approximate surface area is 129 Å². The quantitative estimate of drug-likeness (QED) is 0.708. The zero-order valence-electron chi connectivity index (χ0n) is 13.7. The zero-order valence-corrected chi connectivity index (χ0v) is 13.7. The number of ether oxygens (including phenoxy) is 1. The van der Waals surface area contributed by atoms with E-state index < -0.39 is 0 Å². The third kappa shape index (κ3) is 6.65. The number of hydrogen-bond acceptors (Lipinski definition) is 2. The van der Waals surface area contributed by atoms with Crippen LogP contribution in [0.1, 0.15) is 51.5 Å². The molecule has 0 aromatic heterocycles. The van der Waals surface area contributed by atoms with Gasteiger partial charge in [0.2, 0.25) is 5.91 Å². The van der Waals surface area contributed by atoms with Gasteiger partial charge < -0.3 is 10.1 Å². The van der Waals surface area contributed by atoms with Crippen LogP contribution in [-0.4, -0.2) is 19.6 Å². The summed E-state index contributed by atoms with van der Waals surface area (Å²) < 4.78 is 5.31. The van der Waals surface area contributed by atoms with Crippen molar-refractivity contribution in [2.75, 3.05) is 13.7 Å². The maximum Gasteiger partial charge on any atom is 0.220 e. The normalized spacial score (nSPS) is 12.0. The van der Waals surface area contributed by atoms with Gasteiger partial charge in [0, 0.05) is 13.0 Å². The van der Waals surface area contributed by atoms with Crippen molar-refractivity contribution in [3.05, 3.63) is 29.8 Å². The molecule has 3 heteroatoms. The fraction of sp³-hybridized carbons (Fsp3) is 0.611. The Bertz CT molecular complexity index is 417. The van der Waals surface area contributed by atoms with Gasteiger partial charge in [-0.1, -0.05) is 51.3 Å².